The average molecular weight is 475 g/mol. The lowest BCUT2D eigenvalue weighted by Gasteiger charge is -2.14. The third kappa shape index (κ3) is 6.75. The van der Waals surface area contributed by atoms with Crippen molar-refractivity contribution in [2.75, 3.05) is 39.6 Å². The van der Waals surface area contributed by atoms with E-state index >= 15 is 0 Å². The molecule has 3 aliphatic heterocycles. The third-order valence-electron chi connectivity index (χ3n) is 6.23. The van der Waals surface area contributed by atoms with Crippen molar-refractivity contribution in [3.8, 4) is 17.2 Å². The maximum atomic E-state index is 6.21. The van der Waals surface area contributed by atoms with Gasteiger partial charge in [-0.15, -0.1) is 0 Å². The standard InChI is InChI=1S/C29H30O6/c1-3-20(11-24(5-1)30-14-26-16-32-26)9-22-7-8-23(29(13-22)35-19-28-18-34-28)10-21-4-2-6-25(12-21)31-15-27-17-33-27/h1-8,11-13,26-28H,9-10,14-19H2. The highest BCUT2D eigenvalue weighted by atomic mass is 16.6. The first-order valence-electron chi connectivity index (χ1n) is 12.3. The van der Waals surface area contributed by atoms with Gasteiger partial charge < -0.3 is 28.4 Å². The highest BCUT2D eigenvalue weighted by Crippen LogP contribution is 2.28. The molecule has 3 heterocycles. The van der Waals surface area contributed by atoms with Gasteiger partial charge in [-0.2, -0.15) is 0 Å². The summed E-state index contributed by atoms with van der Waals surface area (Å²) in [5, 5.41) is 0. The van der Waals surface area contributed by atoms with Crippen molar-refractivity contribution in [2.24, 2.45) is 0 Å². The first kappa shape index (κ1) is 22.4. The zero-order chi connectivity index (χ0) is 23.5. The van der Waals surface area contributed by atoms with Gasteiger partial charge in [0, 0.05) is 6.42 Å². The van der Waals surface area contributed by atoms with Gasteiger partial charge in [0.05, 0.1) is 19.8 Å². The fourth-order valence-corrected chi connectivity index (χ4v) is 3.99. The van der Waals surface area contributed by atoms with Crippen molar-refractivity contribution < 1.29 is 28.4 Å². The molecule has 0 saturated carbocycles. The summed E-state index contributed by atoms with van der Waals surface area (Å²) in [7, 11) is 0. The maximum Gasteiger partial charge on any atom is 0.123 e. The van der Waals surface area contributed by atoms with Crippen molar-refractivity contribution in [3.05, 3.63) is 89.0 Å². The summed E-state index contributed by atoms with van der Waals surface area (Å²) in [5.41, 5.74) is 4.74. The van der Waals surface area contributed by atoms with Crippen LogP contribution in [0.1, 0.15) is 22.3 Å². The molecule has 3 aliphatic rings. The summed E-state index contributed by atoms with van der Waals surface area (Å²) in [6.45, 7) is 4.16. The second-order valence-corrected chi connectivity index (χ2v) is 9.39. The van der Waals surface area contributed by atoms with E-state index in [4.69, 9.17) is 28.4 Å². The van der Waals surface area contributed by atoms with Crippen molar-refractivity contribution in [1.82, 2.24) is 0 Å². The summed E-state index contributed by atoms with van der Waals surface area (Å²) in [4.78, 5) is 0. The van der Waals surface area contributed by atoms with E-state index in [-0.39, 0.29) is 18.3 Å². The van der Waals surface area contributed by atoms with E-state index in [1.54, 1.807) is 0 Å². The molecule has 0 aliphatic carbocycles. The quantitative estimate of drug-likeness (QED) is 0.346. The van der Waals surface area contributed by atoms with Crippen LogP contribution in [-0.2, 0) is 27.1 Å². The Labute approximate surface area is 205 Å². The first-order valence-corrected chi connectivity index (χ1v) is 12.3. The number of ether oxygens (including phenoxy) is 6. The Morgan fingerprint density at radius 3 is 1.66 bits per heavy atom. The van der Waals surface area contributed by atoms with Crippen LogP contribution in [0.5, 0.6) is 17.2 Å². The molecule has 3 aromatic rings. The molecule has 3 fully saturated rings. The van der Waals surface area contributed by atoms with Crippen LogP contribution in [0.4, 0.5) is 0 Å². The van der Waals surface area contributed by atoms with Crippen molar-refractivity contribution in [3.63, 3.8) is 0 Å². The lowest BCUT2D eigenvalue weighted by Crippen LogP contribution is -2.07. The molecule has 3 saturated heterocycles. The Morgan fingerprint density at radius 2 is 1.09 bits per heavy atom. The molecule has 6 heteroatoms. The van der Waals surface area contributed by atoms with Crippen molar-refractivity contribution in [1.29, 1.82) is 0 Å². The third-order valence-corrected chi connectivity index (χ3v) is 6.23. The number of rotatable bonds is 13. The monoisotopic (exact) mass is 474 g/mol. The van der Waals surface area contributed by atoms with Crippen LogP contribution in [-0.4, -0.2) is 58.0 Å². The topological polar surface area (TPSA) is 65.3 Å². The number of benzene rings is 3. The van der Waals surface area contributed by atoms with Gasteiger partial charge in [0.2, 0.25) is 0 Å². The molecule has 0 amide bonds. The molecule has 6 nitrogen and oxygen atoms in total. The van der Waals surface area contributed by atoms with E-state index in [0.717, 1.165) is 55.5 Å². The fourth-order valence-electron chi connectivity index (χ4n) is 3.99. The van der Waals surface area contributed by atoms with Crippen LogP contribution in [0.25, 0.3) is 0 Å². The predicted octanol–water partition coefficient (Wildman–Crippen LogP) is 4.20. The Hall–Kier alpha value is -3.06. The highest BCUT2D eigenvalue weighted by molar-refractivity contribution is 5.44. The lowest BCUT2D eigenvalue weighted by atomic mass is 9.99. The summed E-state index contributed by atoms with van der Waals surface area (Å²) in [5.74, 6) is 2.67. The van der Waals surface area contributed by atoms with Crippen LogP contribution in [0.15, 0.2) is 66.7 Å². The van der Waals surface area contributed by atoms with E-state index in [2.05, 4.69) is 42.5 Å². The molecule has 0 N–H and O–H groups in total. The number of hydrogen-bond donors (Lipinski definition) is 0. The minimum atomic E-state index is 0.206. The molecular weight excluding hydrogens is 444 g/mol. The Bertz CT molecular complexity index is 1150. The molecule has 182 valence electrons. The molecule has 3 aromatic carbocycles. The van der Waals surface area contributed by atoms with E-state index < -0.39 is 0 Å². The molecule has 0 spiro atoms. The average Bonchev–Trinajstić information content (AvgIpc) is 3.73. The van der Waals surface area contributed by atoms with Crippen LogP contribution < -0.4 is 14.2 Å². The summed E-state index contributed by atoms with van der Waals surface area (Å²) in [6.07, 6.45) is 2.28. The summed E-state index contributed by atoms with van der Waals surface area (Å²) < 4.78 is 33.8. The minimum absolute atomic E-state index is 0.206. The Morgan fingerprint density at radius 1 is 0.571 bits per heavy atom. The largest absolute Gasteiger partial charge is 0.491 e. The maximum absolute atomic E-state index is 6.21. The van der Waals surface area contributed by atoms with E-state index in [0.29, 0.717) is 19.8 Å². The van der Waals surface area contributed by atoms with Gasteiger partial charge >= 0.3 is 0 Å². The Balaban J connectivity index is 1.15. The zero-order valence-corrected chi connectivity index (χ0v) is 19.7. The van der Waals surface area contributed by atoms with Crippen LogP contribution in [0.3, 0.4) is 0 Å². The van der Waals surface area contributed by atoms with Gasteiger partial charge in [-0.1, -0.05) is 36.4 Å². The second kappa shape index (κ2) is 10.3. The van der Waals surface area contributed by atoms with E-state index in [9.17, 15) is 0 Å². The van der Waals surface area contributed by atoms with E-state index in [1.165, 1.54) is 16.7 Å². The van der Waals surface area contributed by atoms with Crippen molar-refractivity contribution in [2.45, 2.75) is 31.2 Å². The lowest BCUT2D eigenvalue weighted by molar-refractivity contribution is 0.261. The van der Waals surface area contributed by atoms with Gasteiger partial charge in [0.15, 0.2) is 0 Å². The van der Waals surface area contributed by atoms with Gasteiger partial charge in [-0.05, 0) is 59.0 Å². The Kier molecular flexibility index (Phi) is 6.58. The minimum Gasteiger partial charge on any atom is -0.491 e. The van der Waals surface area contributed by atoms with Gasteiger partial charge in [-0.3, -0.25) is 0 Å². The number of epoxide rings is 3. The smallest absolute Gasteiger partial charge is 0.123 e. The molecular formula is C29H30O6. The molecule has 3 unspecified atom stereocenters. The molecule has 0 radical (unpaired) electrons. The normalized spacial score (nSPS) is 21.9. The summed E-state index contributed by atoms with van der Waals surface area (Å²) in [6, 6.07) is 23.0. The zero-order valence-electron chi connectivity index (χ0n) is 19.7. The molecule has 35 heavy (non-hydrogen) atoms. The van der Waals surface area contributed by atoms with Crippen molar-refractivity contribution >= 4 is 0 Å². The molecule has 0 bridgehead atoms. The second-order valence-electron chi connectivity index (χ2n) is 9.39. The van der Waals surface area contributed by atoms with Gasteiger partial charge in [0.1, 0.15) is 55.4 Å². The molecule has 3 atom stereocenters. The molecule has 0 aromatic heterocycles. The van der Waals surface area contributed by atoms with Crippen LogP contribution in [0, 0.1) is 0 Å². The SMILES string of the molecule is c1cc(Cc2ccc(Cc3cccc(OCC4CO4)c3)c(OCC3CO3)c2)cc(OCC2CO2)c1. The summed E-state index contributed by atoms with van der Waals surface area (Å²) >= 11 is 0. The van der Waals surface area contributed by atoms with Crippen LogP contribution >= 0.6 is 0 Å². The highest BCUT2D eigenvalue weighted by Gasteiger charge is 2.25. The van der Waals surface area contributed by atoms with Gasteiger partial charge in [-0.25, -0.2) is 0 Å². The first-order chi connectivity index (χ1) is 17.3. The van der Waals surface area contributed by atoms with Gasteiger partial charge in [0.25, 0.3) is 0 Å². The van der Waals surface area contributed by atoms with E-state index in [1.807, 2.05) is 24.3 Å². The van der Waals surface area contributed by atoms with Crippen LogP contribution in [0.2, 0.25) is 0 Å². The predicted molar refractivity (Wildman–Crippen MR) is 131 cm³/mol. The molecule has 6 rings (SSSR count). The number of hydrogen-bond acceptors (Lipinski definition) is 6. The fraction of sp³-hybridized carbons (Fsp3) is 0.379.